The van der Waals surface area contributed by atoms with Gasteiger partial charge < -0.3 is 19.9 Å². The van der Waals surface area contributed by atoms with Gasteiger partial charge in [0.2, 0.25) is 0 Å². The number of primary amides is 1. The molecule has 8 nitrogen and oxygen atoms in total. The van der Waals surface area contributed by atoms with Gasteiger partial charge in [0, 0.05) is 5.02 Å². The van der Waals surface area contributed by atoms with Gasteiger partial charge in [-0.05, 0) is 54.4 Å². The van der Waals surface area contributed by atoms with Gasteiger partial charge in [0.1, 0.15) is 5.75 Å². The maximum absolute atomic E-state index is 11.8. The van der Waals surface area contributed by atoms with Crippen LogP contribution in [0.2, 0.25) is 5.02 Å². The fourth-order valence-electron chi connectivity index (χ4n) is 2.16. The number of aryl methyl sites for hydroxylation is 1. The summed E-state index contributed by atoms with van der Waals surface area (Å²) in [6.45, 7) is 1.39. The van der Waals surface area contributed by atoms with Crippen molar-refractivity contribution in [1.29, 1.82) is 0 Å². The summed E-state index contributed by atoms with van der Waals surface area (Å²) < 4.78 is 15.9. The highest BCUT2D eigenvalue weighted by molar-refractivity contribution is 6.30. The number of hydrazone groups is 1. The topological polar surface area (TPSA) is 112 Å². The Morgan fingerprint density at radius 2 is 1.82 bits per heavy atom. The van der Waals surface area contributed by atoms with Gasteiger partial charge >= 0.3 is 0 Å². The summed E-state index contributed by atoms with van der Waals surface area (Å²) in [6.07, 6.45) is 1.44. The van der Waals surface area contributed by atoms with E-state index in [1.165, 1.54) is 13.3 Å². The van der Waals surface area contributed by atoms with E-state index in [0.717, 1.165) is 5.56 Å². The third kappa shape index (κ3) is 6.48. The molecule has 2 aromatic rings. The van der Waals surface area contributed by atoms with E-state index in [-0.39, 0.29) is 13.2 Å². The summed E-state index contributed by atoms with van der Waals surface area (Å²) in [5.74, 6) is 0.331. The van der Waals surface area contributed by atoms with Gasteiger partial charge in [0.15, 0.2) is 24.7 Å². The van der Waals surface area contributed by atoms with Crippen LogP contribution < -0.4 is 25.4 Å². The maximum atomic E-state index is 11.8. The minimum absolute atomic E-state index is 0.191. The van der Waals surface area contributed by atoms with Crippen molar-refractivity contribution in [2.24, 2.45) is 10.8 Å². The molecule has 0 atom stereocenters. The van der Waals surface area contributed by atoms with Gasteiger partial charge in [-0.15, -0.1) is 0 Å². The molecular formula is C19H20ClN3O5. The lowest BCUT2D eigenvalue weighted by Gasteiger charge is -2.10. The third-order valence-electron chi connectivity index (χ3n) is 3.46. The summed E-state index contributed by atoms with van der Waals surface area (Å²) in [5, 5.41) is 4.47. The normalized spacial score (nSPS) is 10.5. The molecule has 0 aromatic heterocycles. The monoisotopic (exact) mass is 405 g/mol. The Bertz CT molecular complexity index is 886. The molecule has 2 aromatic carbocycles. The Morgan fingerprint density at radius 1 is 1.11 bits per heavy atom. The van der Waals surface area contributed by atoms with Crippen molar-refractivity contribution < 1.29 is 23.8 Å². The Kier molecular flexibility index (Phi) is 7.65. The number of halogens is 1. The summed E-state index contributed by atoms with van der Waals surface area (Å²) in [4.78, 5) is 22.6. The molecule has 9 heteroatoms. The highest BCUT2D eigenvalue weighted by Gasteiger charge is 2.07. The molecule has 0 radical (unpaired) electrons. The van der Waals surface area contributed by atoms with E-state index in [2.05, 4.69) is 10.5 Å². The number of nitrogens with two attached hydrogens (primary N) is 1. The Morgan fingerprint density at radius 3 is 2.50 bits per heavy atom. The van der Waals surface area contributed by atoms with E-state index in [0.29, 0.717) is 27.8 Å². The SMILES string of the molecule is COc1cc(/C=N/NC(=O)COc2ccc(Cl)cc2C)ccc1OCC(N)=O. The van der Waals surface area contributed by atoms with Crippen molar-refractivity contribution >= 4 is 29.6 Å². The van der Waals surface area contributed by atoms with Crippen molar-refractivity contribution in [3.05, 3.63) is 52.5 Å². The van der Waals surface area contributed by atoms with Gasteiger partial charge in [-0.2, -0.15) is 5.10 Å². The zero-order valence-corrected chi connectivity index (χ0v) is 16.2. The second-order valence-corrected chi connectivity index (χ2v) is 6.09. The standard InChI is InChI=1S/C19H20ClN3O5/c1-12-7-14(20)4-6-15(12)28-11-19(25)23-22-9-13-3-5-16(17(8-13)26-2)27-10-18(21)24/h3-9H,10-11H2,1-2H3,(H2,21,24)(H,23,25)/b22-9+. The molecule has 2 amide bonds. The molecule has 3 N–H and O–H groups in total. The van der Waals surface area contributed by atoms with Crippen molar-refractivity contribution in [3.63, 3.8) is 0 Å². The second kappa shape index (κ2) is 10.2. The number of amides is 2. The molecule has 0 fully saturated rings. The van der Waals surface area contributed by atoms with Gasteiger partial charge in [0.25, 0.3) is 11.8 Å². The number of rotatable bonds is 9. The Hall–Kier alpha value is -3.26. The summed E-state index contributed by atoms with van der Waals surface area (Å²) >= 11 is 5.88. The Labute approximate surface area is 167 Å². The average Bonchev–Trinajstić information content (AvgIpc) is 2.66. The lowest BCUT2D eigenvalue weighted by molar-refractivity contribution is -0.123. The smallest absolute Gasteiger partial charge is 0.277 e. The quantitative estimate of drug-likeness (QED) is 0.489. The van der Waals surface area contributed by atoms with Crippen molar-refractivity contribution in [2.45, 2.75) is 6.92 Å². The molecule has 148 valence electrons. The molecular weight excluding hydrogens is 386 g/mol. The first-order valence-corrected chi connectivity index (χ1v) is 8.57. The van der Waals surface area contributed by atoms with Crippen LogP contribution in [0, 0.1) is 6.92 Å². The molecule has 0 unspecified atom stereocenters. The predicted molar refractivity (Wildman–Crippen MR) is 105 cm³/mol. The van der Waals surface area contributed by atoms with Crippen molar-refractivity contribution in [2.75, 3.05) is 20.3 Å². The number of hydrogen-bond donors (Lipinski definition) is 2. The van der Waals surface area contributed by atoms with Crippen LogP contribution in [0.4, 0.5) is 0 Å². The zero-order chi connectivity index (χ0) is 20.5. The molecule has 0 heterocycles. The maximum Gasteiger partial charge on any atom is 0.277 e. The van der Waals surface area contributed by atoms with E-state index in [1.807, 2.05) is 6.92 Å². The molecule has 0 aliphatic rings. The molecule has 0 aliphatic carbocycles. The fraction of sp³-hybridized carbons (Fsp3) is 0.211. The van der Waals surface area contributed by atoms with Crippen molar-refractivity contribution in [3.8, 4) is 17.2 Å². The highest BCUT2D eigenvalue weighted by Crippen LogP contribution is 2.27. The number of methoxy groups -OCH3 is 1. The number of ether oxygens (including phenoxy) is 3. The highest BCUT2D eigenvalue weighted by atomic mass is 35.5. The minimum Gasteiger partial charge on any atom is -0.493 e. The first kappa shape index (κ1) is 21.0. The third-order valence-corrected chi connectivity index (χ3v) is 3.69. The summed E-state index contributed by atoms with van der Waals surface area (Å²) in [7, 11) is 1.46. The molecule has 2 rings (SSSR count). The Balaban J connectivity index is 1.89. The second-order valence-electron chi connectivity index (χ2n) is 5.66. The first-order valence-electron chi connectivity index (χ1n) is 8.19. The van der Waals surface area contributed by atoms with Crippen molar-refractivity contribution in [1.82, 2.24) is 5.43 Å². The van der Waals surface area contributed by atoms with Crippen LogP contribution in [0.25, 0.3) is 0 Å². The van der Waals surface area contributed by atoms with Crippen LogP contribution >= 0.6 is 11.6 Å². The predicted octanol–water partition coefficient (Wildman–Crippen LogP) is 2.05. The van der Waals surface area contributed by atoms with Crippen LogP contribution in [-0.4, -0.2) is 38.4 Å². The molecule has 0 saturated carbocycles. The van der Waals surface area contributed by atoms with Gasteiger partial charge in [-0.1, -0.05) is 11.6 Å². The minimum atomic E-state index is -0.591. The lowest BCUT2D eigenvalue weighted by Crippen LogP contribution is -2.24. The van der Waals surface area contributed by atoms with E-state index < -0.39 is 11.8 Å². The van der Waals surface area contributed by atoms with E-state index in [1.54, 1.807) is 36.4 Å². The van der Waals surface area contributed by atoms with Crippen LogP contribution in [-0.2, 0) is 9.59 Å². The number of carbonyl (C=O) groups is 2. The molecule has 0 spiro atoms. The first-order chi connectivity index (χ1) is 13.4. The van der Waals surface area contributed by atoms with Gasteiger partial charge in [-0.3, -0.25) is 9.59 Å². The number of hydrogen-bond acceptors (Lipinski definition) is 6. The number of nitrogens with one attached hydrogen (secondary N) is 1. The molecule has 0 aliphatic heterocycles. The summed E-state index contributed by atoms with van der Waals surface area (Å²) in [5.41, 5.74) is 8.90. The van der Waals surface area contributed by atoms with E-state index in [9.17, 15) is 9.59 Å². The largest absolute Gasteiger partial charge is 0.493 e. The van der Waals surface area contributed by atoms with Crippen LogP contribution in [0.5, 0.6) is 17.2 Å². The average molecular weight is 406 g/mol. The lowest BCUT2D eigenvalue weighted by atomic mass is 10.2. The van der Waals surface area contributed by atoms with Gasteiger partial charge in [0.05, 0.1) is 13.3 Å². The van der Waals surface area contributed by atoms with Crippen LogP contribution in [0.1, 0.15) is 11.1 Å². The summed E-state index contributed by atoms with van der Waals surface area (Å²) in [6, 6.07) is 10.1. The fourth-order valence-corrected chi connectivity index (χ4v) is 2.39. The number of carbonyl (C=O) groups excluding carboxylic acids is 2. The molecule has 28 heavy (non-hydrogen) atoms. The molecule has 0 saturated heterocycles. The van der Waals surface area contributed by atoms with Crippen LogP contribution in [0.15, 0.2) is 41.5 Å². The molecule has 0 bridgehead atoms. The number of benzene rings is 2. The van der Waals surface area contributed by atoms with E-state index >= 15 is 0 Å². The van der Waals surface area contributed by atoms with Crippen LogP contribution in [0.3, 0.4) is 0 Å². The van der Waals surface area contributed by atoms with E-state index in [4.69, 9.17) is 31.5 Å². The number of nitrogens with zero attached hydrogens (tertiary/aromatic N) is 1. The van der Waals surface area contributed by atoms with Gasteiger partial charge in [-0.25, -0.2) is 5.43 Å². The zero-order valence-electron chi connectivity index (χ0n) is 15.4.